The number of nitrogens with zero attached hydrogens (tertiary/aromatic N) is 5. The molecule has 3 heterocycles. The number of furan rings is 1. The van der Waals surface area contributed by atoms with Crippen LogP contribution in [0.25, 0.3) is 5.69 Å². The molecule has 2 amide bonds. The summed E-state index contributed by atoms with van der Waals surface area (Å²) >= 11 is 1.27. The third-order valence-corrected chi connectivity index (χ3v) is 9.00. The molecule has 1 N–H and O–H groups in total. The number of carbonyl (C=O) groups is 2. The molecule has 11 nitrogen and oxygen atoms in total. The van der Waals surface area contributed by atoms with Gasteiger partial charge in [-0.1, -0.05) is 36.0 Å². The number of aromatic nitrogens is 3. The number of benzene rings is 3. The summed E-state index contributed by atoms with van der Waals surface area (Å²) in [6.07, 6.45) is 2.00. The average molecular weight is 651 g/mol. The highest BCUT2D eigenvalue weighted by Gasteiger charge is 2.33. The maximum Gasteiger partial charge on any atom is 0.287 e. The summed E-state index contributed by atoms with van der Waals surface area (Å²) in [6, 6.07) is 24.3. The average Bonchev–Trinajstić information content (AvgIpc) is 3.88. The first-order chi connectivity index (χ1) is 22.9. The van der Waals surface area contributed by atoms with Crippen molar-refractivity contribution in [1.82, 2.24) is 25.1 Å². The number of thioether (sulfide) groups is 1. The minimum atomic E-state index is -0.362. The summed E-state index contributed by atoms with van der Waals surface area (Å²) in [5.74, 6) is 1.73. The Morgan fingerprint density at radius 3 is 2.34 bits per heavy atom. The SMILES string of the molecule is COc1ccc(C2=NN(C(=O)CSc3nnc(CNC(=O)c4ccco4)n3-c3cccc(C)c3C)[C@H](c3ccc(OC)cc3)C2)cc1. The van der Waals surface area contributed by atoms with E-state index in [-0.39, 0.29) is 35.9 Å². The zero-order chi connectivity index (χ0) is 32.9. The van der Waals surface area contributed by atoms with Crippen molar-refractivity contribution in [3.63, 3.8) is 0 Å². The van der Waals surface area contributed by atoms with Crippen LogP contribution < -0.4 is 14.8 Å². The molecule has 1 aliphatic heterocycles. The summed E-state index contributed by atoms with van der Waals surface area (Å²) in [5.41, 5.74) is 5.66. The summed E-state index contributed by atoms with van der Waals surface area (Å²) in [4.78, 5) is 26.6. The standard InChI is InChI=1S/C35H34N6O5S/c1-22-7-5-8-29(23(22)2)40-32(20-36-34(43)31-9-6-18-46-31)37-38-35(40)47-21-33(42)41-30(25-12-16-27(45-4)17-13-25)19-28(39-41)24-10-14-26(44-3)15-11-24/h5-18,30H,19-21H2,1-4H3,(H,36,43)/t30-/m0/s1. The first kappa shape index (κ1) is 31.6. The normalized spacial score (nSPS) is 14.2. The molecule has 0 fully saturated rings. The third-order valence-electron chi connectivity index (χ3n) is 8.08. The Bertz CT molecular complexity index is 1900. The van der Waals surface area contributed by atoms with Crippen LogP contribution >= 0.6 is 11.8 Å². The van der Waals surface area contributed by atoms with Crippen molar-refractivity contribution in [3.05, 3.63) is 119 Å². The lowest BCUT2D eigenvalue weighted by Gasteiger charge is -2.22. The Labute approximate surface area is 276 Å². The number of aryl methyl sites for hydroxylation is 1. The van der Waals surface area contributed by atoms with Crippen LogP contribution in [0.3, 0.4) is 0 Å². The molecule has 240 valence electrons. The highest BCUT2D eigenvalue weighted by molar-refractivity contribution is 7.99. The summed E-state index contributed by atoms with van der Waals surface area (Å²) in [6.45, 7) is 4.16. The molecule has 0 aliphatic carbocycles. The van der Waals surface area contributed by atoms with Gasteiger partial charge in [-0.25, -0.2) is 5.01 Å². The Morgan fingerprint density at radius 1 is 0.936 bits per heavy atom. The lowest BCUT2D eigenvalue weighted by molar-refractivity contribution is -0.130. The fourth-order valence-corrected chi connectivity index (χ4v) is 6.17. The molecule has 1 atom stereocenters. The van der Waals surface area contributed by atoms with E-state index in [1.54, 1.807) is 31.4 Å². The van der Waals surface area contributed by atoms with E-state index in [4.69, 9.17) is 19.0 Å². The van der Waals surface area contributed by atoms with Crippen LogP contribution in [0, 0.1) is 13.8 Å². The maximum atomic E-state index is 14.0. The largest absolute Gasteiger partial charge is 0.497 e. The van der Waals surface area contributed by atoms with Gasteiger partial charge in [0.2, 0.25) is 0 Å². The van der Waals surface area contributed by atoms with Crippen LogP contribution in [0.4, 0.5) is 0 Å². The van der Waals surface area contributed by atoms with Gasteiger partial charge in [0, 0.05) is 6.42 Å². The van der Waals surface area contributed by atoms with E-state index in [9.17, 15) is 9.59 Å². The van der Waals surface area contributed by atoms with Gasteiger partial charge in [0.1, 0.15) is 11.5 Å². The predicted octanol–water partition coefficient (Wildman–Crippen LogP) is 5.89. The molecule has 0 saturated heterocycles. The Hall–Kier alpha value is -5.36. The monoisotopic (exact) mass is 650 g/mol. The first-order valence-corrected chi connectivity index (χ1v) is 16.0. The number of hydrazone groups is 1. The molecular formula is C35H34N6O5S. The van der Waals surface area contributed by atoms with Crippen LogP contribution in [0.5, 0.6) is 11.5 Å². The van der Waals surface area contributed by atoms with Gasteiger partial charge < -0.3 is 19.2 Å². The van der Waals surface area contributed by atoms with Crippen LogP contribution in [-0.4, -0.2) is 57.3 Å². The van der Waals surface area contributed by atoms with E-state index in [2.05, 4.69) is 15.5 Å². The predicted molar refractivity (Wildman–Crippen MR) is 178 cm³/mol. The second kappa shape index (κ2) is 14.0. The van der Waals surface area contributed by atoms with Crippen LogP contribution in [0.2, 0.25) is 0 Å². The number of hydrogen-bond donors (Lipinski definition) is 1. The molecular weight excluding hydrogens is 616 g/mol. The van der Waals surface area contributed by atoms with Crippen molar-refractivity contribution < 1.29 is 23.5 Å². The third kappa shape index (κ3) is 6.77. The summed E-state index contributed by atoms with van der Waals surface area (Å²) in [7, 11) is 3.25. The fraction of sp³-hybridized carbons (Fsp3) is 0.229. The lowest BCUT2D eigenvalue weighted by Crippen LogP contribution is -2.28. The van der Waals surface area contributed by atoms with Gasteiger partial charge >= 0.3 is 0 Å². The van der Waals surface area contributed by atoms with E-state index in [0.29, 0.717) is 17.4 Å². The summed E-state index contributed by atoms with van der Waals surface area (Å²) in [5, 5.41) is 18.6. The molecule has 47 heavy (non-hydrogen) atoms. The van der Waals surface area contributed by atoms with Crippen molar-refractivity contribution in [2.24, 2.45) is 5.10 Å². The molecule has 0 radical (unpaired) electrons. The molecule has 6 rings (SSSR count). The van der Waals surface area contributed by atoms with Crippen molar-refractivity contribution >= 4 is 29.3 Å². The molecule has 0 spiro atoms. The number of methoxy groups -OCH3 is 2. The zero-order valence-corrected chi connectivity index (χ0v) is 27.3. The van der Waals surface area contributed by atoms with Crippen LogP contribution in [-0.2, 0) is 11.3 Å². The van der Waals surface area contributed by atoms with Crippen molar-refractivity contribution in [2.45, 2.75) is 38.0 Å². The van der Waals surface area contributed by atoms with Gasteiger partial charge in [-0.15, -0.1) is 10.2 Å². The number of rotatable bonds is 11. The number of amides is 2. The Kier molecular flexibility index (Phi) is 9.39. The smallest absolute Gasteiger partial charge is 0.287 e. The van der Waals surface area contributed by atoms with Gasteiger partial charge in [-0.05, 0) is 90.7 Å². The zero-order valence-electron chi connectivity index (χ0n) is 26.5. The highest BCUT2D eigenvalue weighted by Crippen LogP contribution is 2.35. The van der Waals surface area contributed by atoms with E-state index >= 15 is 0 Å². The lowest BCUT2D eigenvalue weighted by atomic mass is 9.98. The van der Waals surface area contributed by atoms with Gasteiger partial charge in [0.05, 0.1) is 50.2 Å². The minimum absolute atomic E-state index is 0.0633. The van der Waals surface area contributed by atoms with E-state index < -0.39 is 0 Å². The number of ether oxygens (including phenoxy) is 2. The Morgan fingerprint density at radius 2 is 1.66 bits per heavy atom. The van der Waals surface area contributed by atoms with Crippen LogP contribution in [0.15, 0.2) is 99.8 Å². The number of carbonyl (C=O) groups excluding carboxylic acids is 2. The number of hydrogen-bond acceptors (Lipinski definition) is 9. The van der Waals surface area contributed by atoms with Crippen LogP contribution in [0.1, 0.15) is 51.1 Å². The first-order valence-electron chi connectivity index (χ1n) is 15.0. The van der Waals surface area contributed by atoms with E-state index in [0.717, 1.165) is 45.2 Å². The molecule has 3 aromatic carbocycles. The number of nitrogens with one attached hydrogen (secondary N) is 1. The minimum Gasteiger partial charge on any atom is -0.497 e. The fourth-order valence-electron chi connectivity index (χ4n) is 5.36. The quantitative estimate of drug-likeness (QED) is 0.176. The molecule has 0 bridgehead atoms. The highest BCUT2D eigenvalue weighted by atomic mass is 32.2. The second-order valence-electron chi connectivity index (χ2n) is 10.9. The molecule has 12 heteroatoms. The van der Waals surface area contributed by atoms with Gasteiger partial charge in [-0.2, -0.15) is 5.10 Å². The van der Waals surface area contributed by atoms with Crippen molar-refractivity contribution in [2.75, 3.05) is 20.0 Å². The van der Waals surface area contributed by atoms with Gasteiger partial charge in [0.25, 0.3) is 11.8 Å². The van der Waals surface area contributed by atoms with Gasteiger partial charge in [-0.3, -0.25) is 14.2 Å². The van der Waals surface area contributed by atoms with E-state index in [1.165, 1.54) is 18.0 Å². The maximum absolute atomic E-state index is 14.0. The van der Waals surface area contributed by atoms with Crippen molar-refractivity contribution in [3.8, 4) is 17.2 Å². The summed E-state index contributed by atoms with van der Waals surface area (Å²) < 4.78 is 17.8. The molecule has 2 aromatic heterocycles. The van der Waals surface area contributed by atoms with Crippen molar-refractivity contribution in [1.29, 1.82) is 0 Å². The van der Waals surface area contributed by atoms with E-state index in [1.807, 2.05) is 85.1 Å². The van der Waals surface area contributed by atoms with Gasteiger partial charge in [0.15, 0.2) is 16.7 Å². The molecule has 5 aromatic rings. The molecule has 0 saturated carbocycles. The molecule has 0 unspecified atom stereocenters. The second-order valence-corrected chi connectivity index (χ2v) is 11.9. The Balaban J connectivity index is 1.27. The molecule has 1 aliphatic rings. The topological polar surface area (TPSA) is 124 Å².